The van der Waals surface area contributed by atoms with Gasteiger partial charge in [-0.3, -0.25) is 0 Å². The number of rotatable bonds is 7. The number of hydrogen-bond acceptors (Lipinski definition) is 5. The normalized spacial score (nSPS) is 8.86. The molecule has 5 nitrogen and oxygen atoms in total. The van der Waals surface area contributed by atoms with Crippen molar-refractivity contribution < 1.29 is 4.74 Å². The number of allylic oxidation sites excluding steroid dienone is 2. The fraction of sp³-hybridized carbons (Fsp3) is 0.312. The van der Waals surface area contributed by atoms with Crippen LogP contribution in [0.15, 0.2) is 35.5 Å². The van der Waals surface area contributed by atoms with Gasteiger partial charge in [-0.1, -0.05) is 19.8 Å². The molecule has 21 heavy (non-hydrogen) atoms. The first-order valence-corrected chi connectivity index (χ1v) is 6.69. The van der Waals surface area contributed by atoms with Crippen molar-refractivity contribution in [3.8, 4) is 24.0 Å². The van der Waals surface area contributed by atoms with Crippen LogP contribution >= 0.6 is 0 Å². The van der Waals surface area contributed by atoms with Crippen molar-refractivity contribution in [3.05, 3.63) is 35.5 Å². The lowest BCUT2D eigenvalue weighted by atomic mass is 10.2. The largest absolute Gasteiger partial charge is 0.494 e. The summed E-state index contributed by atoms with van der Waals surface area (Å²) in [5, 5.41) is 29.2. The maximum absolute atomic E-state index is 8.94. The average molecular weight is 280 g/mol. The van der Waals surface area contributed by atoms with E-state index in [0.717, 1.165) is 25.0 Å². The van der Waals surface area contributed by atoms with Gasteiger partial charge in [0.25, 0.3) is 0 Å². The Morgan fingerprint density at radius 2 is 1.71 bits per heavy atom. The molecule has 0 saturated carbocycles. The van der Waals surface area contributed by atoms with E-state index in [1.54, 1.807) is 36.4 Å². The van der Waals surface area contributed by atoms with E-state index in [0.29, 0.717) is 12.3 Å². The maximum atomic E-state index is 8.94. The number of ether oxygens (including phenoxy) is 1. The van der Waals surface area contributed by atoms with Crippen LogP contribution in [0.3, 0.4) is 0 Å². The van der Waals surface area contributed by atoms with E-state index in [4.69, 9.17) is 20.5 Å². The van der Waals surface area contributed by atoms with Crippen molar-refractivity contribution >= 4 is 5.69 Å². The van der Waals surface area contributed by atoms with Crippen molar-refractivity contribution in [1.29, 1.82) is 15.8 Å². The number of benzene rings is 1. The van der Waals surface area contributed by atoms with Crippen LogP contribution in [0, 0.1) is 34.0 Å². The van der Waals surface area contributed by atoms with Gasteiger partial charge in [0, 0.05) is 5.69 Å². The third-order valence-corrected chi connectivity index (χ3v) is 2.73. The summed E-state index contributed by atoms with van der Waals surface area (Å²) < 4.78 is 5.57. The highest BCUT2D eigenvalue weighted by Crippen LogP contribution is 2.18. The summed E-state index contributed by atoms with van der Waals surface area (Å²) in [6, 6.07) is 12.2. The lowest BCUT2D eigenvalue weighted by Crippen LogP contribution is -2.01. The molecule has 0 bridgehead atoms. The molecule has 106 valence electrons. The Morgan fingerprint density at radius 1 is 1.05 bits per heavy atom. The van der Waals surface area contributed by atoms with Gasteiger partial charge in [-0.15, -0.1) is 0 Å². The van der Waals surface area contributed by atoms with Crippen LogP contribution in [0.25, 0.3) is 0 Å². The highest BCUT2D eigenvalue weighted by molar-refractivity contribution is 5.58. The smallest absolute Gasteiger partial charge is 0.163 e. The molecule has 0 saturated heterocycles. The standard InChI is InChI=1S/C16H16N4O/c1-2-3-4-9-21-15-7-5-14(6-8-15)20-16(12-19)13(10-17)11-18/h5-8,20H,2-4,9H2,1H3. The minimum absolute atomic E-state index is 0.0587. The molecule has 1 aromatic rings. The number of nitrogens with one attached hydrogen (secondary N) is 1. The Labute approximate surface area is 124 Å². The zero-order chi connectivity index (χ0) is 15.5. The third kappa shape index (κ3) is 5.27. The molecular formula is C16H16N4O. The highest BCUT2D eigenvalue weighted by Gasteiger charge is 2.06. The zero-order valence-electron chi connectivity index (χ0n) is 11.9. The minimum Gasteiger partial charge on any atom is -0.494 e. The van der Waals surface area contributed by atoms with Gasteiger partial charge in [-0.05, 0) is 30.7 Å². The van der Waals surface area contributed by atoms with Gasteiger partial charge in [-0.25, -0.2) is 0 Å². The Morgan fingerprint density at radius 3 is 2.24 bits per heavy atom. The quantitative estimate of drug-likeness (QED) is 0.609. The van der Waals surface area contributed by atoms with E-state index in [2.05, 4.69) is 12.2 Å². The molecule has 0 unspecified atom stereocenters. The number of nitrogens with zero attached hydrogens (tertiary/aromatic N) is 3. The Kier molecular flexibility index (Phi) is 6.91. The fourth-order valence-corrected chi connectivity index (χ4v) is 1.60. The molecule has 0 fully saturated rings. The van der Waals surface area contributed by atoms with Crippen molar-refractivity contribution in [2.75, 3.05) is 11.9 Å². The van der Waals surface area contributed by atoms with Crippen LogP contribution in [-0.2, 0) is 0 Å². The number of anilines is 1. The lowest BCUT2D eigenvalue weighted by Gasteiger charge is -2.08. The van der Waals surface area contributed by atoms with Crippen molar-refractivity contribution in [2.45, 2.75) is 26.2 Å². The second-order valence-corrected chi connectivity index (χ2v) is 4.29. The summed E-state index contributed by atoms with van der Waals surface area (Å²) in [6.45, 7) is 2.81. The molecule has 0 spiro atoms. The molecule has 0 aliphatic carbocycles. The molecule has 0 radical (unpaired) electrons. The Balaban J connectivity index is 2.67. The van der Waals surface area contributed by atoms with Gasteiger partial charge < -0.3 is 10.1 Å². The van der Waals surface area contributed by atoms with Crippen LogP contribution < -0.4 is 10.1 Å². The Hall–Kier alpha value is -2.97. The maximum Gasteiger partial charge on any atom is 0.163 e. The predicted octanol–water partition coefficient (Wildman–Crippen LogP) is 3.49. The molecule has 0 heterocycles. The van der Waals surface area contributed by atoms with E-state index in [9.17, 15) is 0 Å². The van der Waals surface area contributed by atoms with Gasteiger partial charge in [0.1, 0.15) is 29.7 Å². The van der Waals surface area contributed by atoms with Crippen LogP contribution in [0.2, 0.25) is 0 Å². The van der Waals surface area contributed by atoms with E-state index in [1.807, 2.05) is 6.07 Å². The summed E-state index contributed by atoms with van der Waals surface area (Å²) in [5.74, 6) is 0.750. The lowest BCUT2D eigenvalue weighted by molar-refractivity contribution is 0.306. The fourth-order valence-electron chi connectivity index (χ4n) is 1.60. The number of nitriles is 3. The minimum atomic E-state index is -0.239. The Bertz CT molecular complexity index is 596. The second-order valence-electron chi connectivity index (χ2n) is 4.29. The summed E-state index contributed by atoms with van der Waals surface area (Å²) in [5.41, 5.74) is 0.324. The summed E-state index contributed by atoms with van der Waals surface area (Å²) in [6.07, 6.45) is 3.31. The molecule has 0 aromatic heterocycles. The molecular weight excluding hydrogens is 264 g/mol. The SMILES string of the molecule is CCCCCOc1ccc(NC(C#N)=C(C#N)C#N)cc1. The second kappa shape index (κ2) is 9.02. The molecule has 1 rings (SSSR count). The monoisotopic (exact) mass is 280 g/mol. The molecule has 0 aliphatic heterocycles. The first-order chi connectivity index (χ1) is 10.2. The summed E-state index contributed by atoms with van der Waals surface area (Å²) in [4.78, 5) is 0. The number of hydrogen-bond donors (Lipinski definition) is 1. The topological polar surface area (TPSA) is 92.6 Å². The van der Waals surface area contributed by atoms with Crippen LogP contribution in [0.4, 0.5) is 5.69 Å². The van der Waals surface area contributed by atoms with E-state index in [1.165, 1.54) is 0 Å². The van der Waals surface area contributed by atoms with Crippen LogP contribution in [-0.4, -0.2) is 6.61 Å². The summed E-state index contributed by atoms with van der Waals surface area (Å²) in [7, 11) is 0. The van der Waals surface area contributed by atoms with Crippen molar-refractivity contribution in [1.82, 2.24) is 0 Å². The number of unbranched alkanes of at least 4 members (excludes halogenated alkanes) is 2. The van der Waals surface area contributed by atoms with Gasteiger partial charge in [0.05, 0.1) is 6.61 Å². The van der Waals surface area contributed by atoms with Crippen LogP contribution in [0.5, 0.6) is 5.75 Å². The van der Waals surface area contributed by atoms with Crippen molar-refractivity contribution in [3.63, 3.8) is 0 Å². The van der Waals surface area contributed by atoms with E-state index in [-0.39, 0.29) is 11.3 Å². The predicted molar refractivity (Wildman–Crippen MR) is 78.9 cm³/mol. The first-order valence-electron chi connectivity index (χ1n) is 6.69. The molecule has 1 N–H and O–H groups in total. The molecule has 0 atom stereocenters. The van der Waals surface area contributed by atoms with Crippen LogP contribution in [0.1, 0.15) is 26.2 Å². The third-order valence-electron chi connectivity index (χ3n) is 2.73. The molecule has 1 aromatic carbocycles. The van der Waals surface area contributed by atoms with Gasteiger partial charge in [0.2, 0.25) is 0 Å². The van der Waals surface area contributed by atoms with E-state index < -0.39 is 0 Å². The van der Waals surface area contributed by atoms with E-state index >= 15 is 0 Å². The van der Waals surface area contributed by atoms with Gasteiger partial charge >= 0.3 is 0 Å². The molecule has 0 amide bonds. The van der Waals surface area contributed by atoms with Gasteiger partial charge in [-0.2, -0.15) is 15.8 Å². The highest BCUT2D eigenvalue weighted by atomic mass is 16.5. The zero-order valence-corrected chi connectivity index (χ0v) is 11.9. The summed E-state index contributed by atoms with van der Waals surface area (Å²) >= 11 is 0. The van der Waals surface area contributed by atoms with Gasteiger partial charge in [0.15, 0.2) is 5.57 Å². The molecule has 5 heteroatoms. The van der Waals surface area contributed by atoms with Crippen molar-refractivity contribution in [2.24, 2.45) is 0 Å². The average Bonchev–Trinajstić information content (AvgIpc) is 2.53. The molecule has 0 aliphatic rings. The first kappa shape index (κ1) is 16.1.